The molecule has 0 aromatic carbocycles. The molecule has 1 N–H and O–H groups in total. The number of nitrogens with zero attached hydrogens (tertiary/aromatic N) is 2. The zero-order valence-electron chi connectivity index (χ0n) is 11.0. The Labute approximate surface area is 98.5 Å². The van der Waals surface area contributed by atoms with Gasteiger partial charge in [0.1, 0.15) is 0 Å². The lowest BCUT2D eigenvalue weighted by molar-refractivity contribution is 0.414. The third kappa shape index (κ3) is 3.00. The Morgan fingerprint density at radius 2 is 2.00 bits per heavy atom. The summed E-state index contributed by atoms with van der Waals surface area (Å²) >= 11 is 0. The number of hydrogen-bond acceptors (Lipinski definition) is 2. The van der Waals surface area contributed by atoms with E-state index in [9.17, 15) is 5.11 Å². The first kappa shape index (κ1) is 13.1. The molecule has 0 atom stereocenters. The molecule has 0 aliphatic heterocycles. The Morgan fingerprint density at radius 1 is 1.31 bits per heavy atom. The quantitative estimate of drug-likeness (QED) is 0.806. The van der Waals surface area contributed by atoms with Gasteiger partial charge in [0.05, 0.1) is 0 Å². The van der Waals surface area contributed by atoms with E-state index in [1.54, 1.807) is 0 Å². The van der Waals surface area contributed by atoms with Gasteiger partial charge < -0.3 is 5.11 Å². The molecule has 0 bridgehead atoms. The zero-order chi connectivity index (χ0) is 12.1. The molecule has 1 aromatic heterocycles. The highest BCUT2D eigenvalue weighted by molar-refractivity contribution is 5.30. The van der Waals surface area contributed by atoms with E-state index in [1.807, 2.05) is 4.68 Å². The van der Waals surface area contributed by atoms with Crippen LogP contribution in [0.2, 0.25) is 0 Å². The van der Waals surface area contributed by atoms with Gasteiger partial charge >= 0.3 is 0 Å². The molecule has 1 rings (SSSR count). The van der Waals surface area contributed by atoms with Gasteiger partial charge in [0.2, 0.25) is 5.88 Å². The molecule has 3 heteroatoms. The minimum atomic E-state index is 0.242. The highest BCUT2D eigenvalue weighted by Gasteiger charge is 2.15. The van der Waals surface area contributed by atoms with Crippen molar-refractivity contribution in [3.8, 4) is 5.88 Å². The Kier molecular flexibility index (Phi) is 4.84. The van der Waals surface area contributed by atoms with Gasteiger partial charge in [0, 0.05) is 17.8 Å². The largest absolute Gasteiger partial charge is 0.492 e. The predicted molar refractivity (Wildman–Crippen MR) is 66.7 cm³/mol. The fourth-order valence-electron chi connectivity index (χ4n) is 2.02. The summed E-state index contributed by atoms with van der Waals surface area (Å²) in [6.07, 6.45) is 4.16. The summed E-state index contributed by atoms with van der Waals surface area (Å²) in [5.74, 6) is 0.801. The van der Waals surface area contributed by atoms with E-state index in [2.05, 4.69) is 32.8 Å². The molecule has 1 heterocycles. The Bertz CT molecular complexity index is 329. The minimum absolute atomic E-state index is 0.242. The van der Waals surface area contributed by atoms with Crippen LogP contribution < -0.4 is 0 Å². The van der Waals surface area contributed by atoms with Crippen molar-refractivity contribution in [1.82, 2.24) is 9.78 Å². The molecular weight excluding hydrogens is 200 g/mol. The molecule has 0 spiro atoms. The third-order valence-corrected chi connectivity index (χ3v) is 2.80. The van der Waals surface area contributed by atoms with E-state index >= 15 is 0 Å². The third-order valence-electron chi connectivity index (χ3n) is 2.80. The molecular formula is C13H24N2O. The van der Waals surface area contributed by atoms with Crippen LogP contribution in [0.5, 0.6) is 5.88 Å². The summed E-state index contributed by atoms with van der Waals surface area (Å²) in [7, 11) is 0. The molecule has 92 valence electrons. The average molecular weight is 224 g/mol. The van der Waals surface area contributed by atoms with Crippen LogP contribution in [0.3, 0.4) is 0 Å². The second kappa shape index (κ2) is 5.92. The molecule has 0 aliphatic rings. The first-order valence-corrected chi connectivity index (χ1v) is 6.37. The van der Waals surface area contributed by atoms with Crippen LogP contribution in [0.25, 0.3) is 0 Å². The standard InChI is InChI=1S/C13H24N2O/c1-5-7-8-11-12(6-2)15(9-10(3)4)14-13(11)16/h10H,5-9H2,1-4H3,(H,14,16). The van der Waals surface area contributed by atoms with Crippen LogP contribution in [0, 0.1) is 5.92 Å². The molecule has 0 saturated carbocycles. The van der Waals surface area contributed by atoms with E-state index in [1.165, 1.54) is 5.69 Å². The summed E-state index contributed by atoms with van der Waals surface area (Å²) < 4.78 is 1.98. The number of unbranched alkanes of at least 4 members (excludes halogenated alkanes) is 1. The van der Waals surface area contributed by atoms with Crippen LogP contribution >= 0.6 is 0 Å². The van der Waals surface area contributed by atoms with Crippen LogP contribution in [0.1, 0.15) is 51.8 Å². The molecule has 0 amide bonds. The van der Waals surface area contributed by atoms with Crippen molar-refractivity contribution in [2.24, 2.45) is 5.92 Å². The normalized spacial score (nSPS) is 11.3. The second-order valence-electron chi connectivity index (χ2n) is 4.78. The highest BCUT2D eigenvalue weighted by Crippen LogP contribution is 2.23. The summed E-state index contributed by atoms with van der Waals surface area (Å²) in [6.45, 7) is 9.53. The lowest BCUT2D eigenvalue weighted by Crippen LogP contribution is -2.10. The fourth-order valence-corrected chi connectivity index (χ4v) is 2.02. The number of aromatic nitrogens is 2. The molecule has 0 fully saturated rings. The van der Waals surface area contributed by atoms with Gasteiger partial charge in [-0.15, -0.1) is 5.10 Å². The molecule has 16 heavy (non-hydrogen) atoms. The first-order valence-electron chi connectivity index (χ1n) is 6.37. The van der Waals surface area contributed by atoms with Gasteiger partial charge in [-0.2, -0.15) is 0 Å². The molecule has 0 saturated heterocycles. The smallest absolute Gasteiger partial charge is 0.233 e. The van der Waals surface area contributed by atoms with Gasteiger partial charge in [0.25, 0.3) is 0 Å². The van der Waals surface area contributed by atoms with Gasteiger partial charge in [-0.25, -0.2) is 0 Å². The van der Waals surface area contributed by atoms with Crippen molar-refractivity contribution >= 4 is 0 Å². The van der Waals surface area contributed by atoms with Gasteiger partial charge in [-0.3, -0.25) is 4.68 Å². The maximum Gasteiger partial charge on any atom is 0.233 e. The summed E-state index contributed by atoms with van der Waals surface area (Å²) in [4.78, 5) is 0. The van der Waals surface area contributed by atoms with E-state index in [-0.39, 0.29) is 5.88 Å². The van der Waals surface area contributed by atoms with Gasteiger partial charge in [0.15, 0.2) is 0 Å². The van der Waals surface area contributed by atoms with Gasteiger partial charge in [-0.05, 0) is 25.2 Å². The predicted octanol–water partition coefficient (Wildman–Crippen LogP) is 3.15. The van der Waals surface area contributed by atoms with Crippen LogP contribution in [-0.2, 0) is 19.4 Å². The van der Waals surface area contributed by atoms with Crippen molar-refractivity contribution in [3.05, 3.63) is 11.3 Å². The van der Waals surface area contributed by atoms with Crippen LogP contribution in [0.4, 0.5) is 0 Å². The highest BCUT2D eigenvalue weighted by atomic mass is 16.3. The molecule has 3 nitrogen and oxygen atoms in total. The summed E-state index contributed by atoms with van der Waals surface area (Å²) in [6, 6.07) is 0. The maximum absolute atomic E-state index is 9.85. The molecule has 0 unspecified atom stereocenters. The molecule has 0 aliphatic carbocycles. The average Bonchev–Trinajstić information content (AvgIpc) is 2.50. The Morgan fingerprint density at radius 3 is 2.50 bits per heavy atom. The number of hydrogen-bond donors (Lipinski definition) is 1. The minimum Gasteiger partial charge on any atom is -0.492 e. The number of aromatic hydroxyl groups is 1. The van der Waals surface area contributed by atoms with E-state index in [0.29, 0.717) is 5.92 Å². The van der Waals surface area contributed by atoms with Crippen molar-refractivity contribution in [3.63, 3.8) is 0 Å². The molecule has 1 aromatic rings. The lowest BCUT2D eigenvalue weighted by atomic mass is 10.1. The topological polar surface area (TPSA) is 38.1 Å². The van der Waals surface area contributed by atoms with Crippen molar-refractivity contribution in [2.45, 2.75) is 59.9 Å². The van der Waals surface area contributed by atoms with Crippen molar-refractivity contribution in [1.29, 1.82) is 0 Å². The Hall–Kier alpha value is -0.990. The van der Waals surface area contributed by atoms with Crippen LogP contribution in [-0.4, -0.2) is 14.9 Å². The van der Waals surface area contributed by atoms with Gasteiger partial charge in [-0.1, -0.05) is 34.1 Å². The Balaban J connectivity index is 2.93. The van der Waals surface area contributed by atoms with E-state index in [4.69, 9.17) is 0 Å². The zero-order valence-corrected chi connectivity index (χ0v) is 11.0. The van der Waals surface area contributed by atoms with Crippen molar-refractivity contribution in [2.75, 3.05) is 0 Å². The van der Waals surface area contributed by atoms with E-state index < -0.39 is 0 Å². The second-order valence-corrected chi connectivity index (χ2v) is 4.78. The maximum atomic E-state index is 9.85. The van der Waals surface area contributed by atoms with E-state index in [0.717, 1.165) is 37.8 Å². The monoisotopic (exact) mass is 224 g/mol. The lowest BCUT2D eigenvalue weighted by Gasteiger charge is -2.09. The first-order chi connectivity index (χ1) is 7.60. The summed E-state index contributed by atoms with van der Waals surface area (Å²) in [5.41, 5.74) is 2.27. The van der Waals surface area contributed by atoms with Crippen LogP contribution in [0.15, 0.2) is 0 Å². The molecule has 0 radical (unpaired) electrons. The summed E-state index contributed by atoms with van der Waals surface area (Å²) in [5, 5.41) is 14.1. The SMILES string of the molecule is CCCCc1c(O)nn(CC(C)C)c1CC. The number of rotatable bonds is 6. The fraction of sp³-hybridized carbons (Fsp3) is 0.769. The van der Waals surface area contributed by atoms with Crippen molar-refractivity contribution < 1.29 is 5.11 Å².